The number of hydrogen-bond donors (Lipinski definition) is 1. The van der Waals surface area contributed by atoms with Gasteiger partial charge in [-0.3, -0.25) is 4.68 Å². The summed E-state index contributed by atoms with van der Waals surface area (Å²) in [7, 11) is 2.01. The molecule has 1 aromatic rings. The molecule has 0 amide bonds. The van der Waals surface area contributed by atoms with Gasteiger partial charge in [-0.05, 0) is 31.2 Å². The molecule has 0 aromatic carbocycles. The first-order valence-electron chi connectivity index (χ1n) is 6.55. The van der Waals surface area contributed by atoms with Gasteiger partial charge in [-0.1, -0.05) is 6.92 Å². The highest BCUT2D eigenvalue weighted by molar-refractivity contribution is 5.11. The van der Waals surface area contributed by atoms with Gasteiger partial charge in [0.25, 0.3) is 0 Å². The van der Waals surface area contributed by atoms with E-state index in [9.17, 15) is 0 Å². The Kier molecular flexibility index (Phi) is 4.18. The molecular weight excluding hydrogens is 214 g/mol. The highest BCUT2D eigenvalue weighted by Crippen LogP contribution is 2.20. The second kappa shape index (κ2) is 5.65. The third kappa shape index (κ3) is 3.07. The SMILES string of the molecule is CCc1cc(CC(N)C2CCOCC2)n(C)n1. The molecular formula is C13H23N3O. The molecule has 2 N–H and O–H groups in total. The minimum absolute atomic E-state index is 0.235. The van der Waals surface area contributed by atoms with Gasteiger partial charge in [-0.25, -0.2) is 0 Å². The van der Waals surface area contributed by atoms with Crippen molar-refractivity contribution in [1.82, 2.24) is 9.78 Å². The lowest BCUT2D eigenvalue weighted by molar-refractivity contribution is 0.0583. The average molecular weight is 237 g/mol. The molecule has 1 aliphatic heterocycles. The Balaban J connectivity index is 1.96. The van der Waals surface area contributed by atoms with Crippen molar-refractivity contribution in [3.05, 3.63) is 17.5 Å². The van der Waals surface area contributed by atoms with Crippen molar-refractivity contribution in [2.75, 3.05) is 13.2 Å². The predicted molar refractivity (Wildman–Crippen MR) is 67.8 cm³/mol. The molecule has 0 bridgehead atoms. The number of nitrogens with zero attached hydrogens (tertiary/aromatic N) is 2. The smallest absolute Gasteiger partial charge is 0.0624 e. The van der Waals surface area contributed by atoms with Crippen LogP contribution in [0.25, 0.3) is 0 Å². The monoisotopic (exact) mass is 237 g/mol. The van der Waals surface area contributed by atoms with Crippen molar-refractivity contribution >= 4 is 0 Å². The molecule has 1 fully saturated rings. The van der Waals surface area contributed by atoms with Crippen LogP contribution in [0.4, 0.5) is 0 Å². The standard InChI is InChI=1S/C13H23N3O/c1-3-11-8-12(16(2)15-11)9-13(14)10-4-6-17-7-5-10/h8,10,13H,3-7,9,14H2,1-2H3. The second-order valence-electron chi connectivity index (χ2n) is 4.92. The van der Waals surface area contributed by atoms with Crippen LogP contribution in [0.1, 0.15) is 31.2 Å². The number of hydrogen-bond acceptors (Lipinski definition) is 3. The predicted octanol–water partition coefficient (Wildman–Crippen LogP) is 1.28. The maximum Gasteiger partial charge on any atom is 0.0624 e. The second-order valence-corrected chi connectivity index (χ2v) is 4.92. The fourth-order valence-electron chi connectivity index (χ4n) is 2.49. The molecule has 1 aliphatic rings. The van der Waals surface area contributed by atoms with Crippen molar-refractivity contribution in [2.45, 2.75) is 38.6 Å². The van der Waals surface area contributed by atoms with E-state index in [2.05, 4.69) is 18.1 Å². The summed E-state index contributed by atoms with van der Waals surface area (Å²) < 4.78 is 7.34. The van der Waals surface area contributed by atoms with Gasteiger partial charge >= 0.3 is 0 Å². The maximum absolute atomic E-state index is 6.30. The van der Waals surface area contributed by atoms with Crippen LogP contribution in [0, 0.1) is 5.92 Å². The van der Waals surface area contributed by atoms with Crippen LogP contribution >= 0.6 is 0 Å². The van der Waals surface area contributed by atoms with Gasteiger partial charge in [0.1, 0.15) is 0 Å². The zero-order chi connectivity index (χ0) is 12.3. The van der Waals surface area contributed by atoms with Crippen molar-refractivity contribution < 1.29 is 4.74 Å². The number of aromatic nitrogens is 2. The highest BCUT2D eigenvalue weighted by atomic mass is 16.5. The van der Waals surface area contributed by atoms with Gasteiger partial charge < -0.3 is 10.5 Å². The summed E-state index contributed by atoms with van der Waals surface area (Å²) in [5.74, 6) is 0.601. The van der Waals surface area contributed by atoms with E-state index in [4.69, 9.17) is 10.5 Å². The summed E-state index contributed by atoms with van der Waals surface area (Å²) >= 11 is 0. The topological polar surface area (TPSA) is 53.1 Å². The molecule has 2 rings (SSSR count). The van der Waals surface area contributed by atoms with Crippen molar-refractivity contribution in [1.29, 1.82) is 0 Å². The van der Waals surface area contributed by atoms with Crippen LogP contribution in [0.2, 0.25) is 0 Å². The molecule has 1 aromatic heterocycles. The van der Waals surface area contributed by atoms with E-state index < -0.39 is 0 Å². The van der Waals surface area contributed by atoms with Gasteiger partial charge in [0.2, 0.25) is 0 Å². The van der Waals surface area contributed by atoms with Gasteiger partial charge in [0.15, 0.2) is 0 Å². The first-order chi connectivity index (χ1) is 8.20. The Morgan fingerprint density at radius 1 is 1.53 bits per heavy atom. The molecule has 1 saturated heterocycles. The van der Waals surface area contributed by atoms with Gasteiger partial charge in [-0.2, -0.15) is 5.10 Å². The Hall–Kier alpha value is -0.870. The zero-order valence-corrected chi connectivity index (χ0v) is 10.9. The van der Waals surface area contributed by atoms with E-state index in [1.807, 2.05) is 11.7 Å². The first-order valence-corrected chi connectivity index (χ1v) is 6.55. The van der Waals surface area contributed by atoms with E-state index >= 15 is 0 Å². The maximum atomic E-state index is 6.30. The van der Waals surface area contributed by atoms with Crippen molar-refractivity contribution in [2.24, 2.45) is 18.7 Å². The van der Waals surface area contributed by atoms with Crippen LogP contribution < -0.4 is 5.73 Å². The lowest BCUT2D eigenvalue weighted by atomic mass is 9.89. The fourth-order valence-corrected chi connectivity index (χ4v) is 2.49. The number of aryl methyl sites for hydroxylation is 2. The molecule has 17 heavy (non-hydrogen) atoms. The van der Waals surface area contributed by atoms with Crippen LogP contribution in [-0.4, -0.2) is 29.0 Å². The van der Waals surface area contributed by atoms with Gasteiger partial charge in [-0.15, -0.1) is 0 Å². The fraction of sp³-hybridized carbons (Fsp3) is 0.769. The summed E-state index contributed by atoms with van der Waals surface area (Å²) in [5.41, 5.74) is 8.71. The molecule has 0 saturated carbocycles. The summed E-state index contributed by atoms with van der Waals surface area (Å²) in [6.45, 7) is 3.86. The zero-order valence-electron chi connectivity index (χ0n) is 10.9. The van der Waals surface area contributed by atoms with Crippen molar-refractivity contribution in [3.8, 4) is 0 Å². The largest absolute Gasteiger partial charge is 0.381 e. The average Bonchev–Trinajstić information content (AvgIpc) is 2.71. The lowest BCUT2D eigenvalue weighted by Gasteiger charge is -2.27. The normalized spacial score (nSPS) is 19.5. The quantitative estimate of drug-likeness (QED) is 0.858. The van der Waals surface area contributed by atoms with E-state index in [0.717, 1.165) is 44.6 Å². The number of nitrogens with two attached hydrogens (primary N) is 1. The molecule has 0 radical (unpaired) electrons. The van der Waals surface area contributed by atoms with Crippen LogP contribution in [0.3, 0.4) is 0 Å². The van der Waals surface area contributed by atoms with E-state index in [0.29, 0.717) is 5.92 Å². The van der Waals surface area contributed by atoms with E-state index in [-0.39, 0.29) is 6.04 Å². The Morgan fingerprint density at radius 2 is 2.24 bits per heavy atom. The van der Waals surface area contributed by atoms with Crippen LogP contribution in [-0.2, 0) is 24.6 Å². The van der Waals surface area contributed by atoms with Gasteiger partial charge in [0, 0.05) is 38.4 Å². The minimum atomic E-state index is 0.235. The first kappa shape index (κ1) is 12.6. The Labute approximate surface area is 103 Å². The molecule has 0 aliphatic carbocycles. The molecule has 2 heterocycles. The minimum Gasteiger partial charge on any atom is -0.381 e. The molecule has 1 unspecified atom stereocenters. The summed E-state index contributed by atoms with van der Waals surface area (Å²) in [6.07, 6.45) is 4.10. The molecule has 4 heteroatoms. The third-order valence-electron chi connectivity index (χ3n) is 3.71. The van der Waals surface area contributed by atoms with Crippen LogP contribution in [0.15, 0.2) is 6.07 Å². The molecule has 0 spiro atoms. The Morgan fingerprint density at radius 3 is 2.82 bits per heavy atom. The third-order valence-corrected chi connectivity index (χ3v) is 3.71. The number of rotatable bonds is 4. The summed E-state index contributed by atoms with van der Waals surface area (Å²) in [6, 6.07) is 2.41. The van der Waals surface area contributed by atoms with Crippen LogP contribution in [0.5, 0.6) is 0 Å². The van der Waals surface area contributed by atoms with Gasteiger partial charge in [0.05, 0.1) is 5.69 Å². The van der Waals surface area contributed by atoms with Crippen molar-refractivity contribution in [3.63, 3.8) is 0 Å². The molecule has 96 valence electrons. The Bertz CT molecular complexity index is 356. The lowest BCUT2D eigenvalue weighted by Crippen LogP contribution is -2.36. The van der Waals surface area contributed by atoms with E-state index in [1.54, 1.807) is 0 Å². The highest BCUT2D eigenvalue weighted by Gasteiger charge is 2.22. The number of ether oxygens (including phenoxy) is 1. The van der Waals surface area contributed by atoms with E-state index in [1.165, 1.54) is 5.69 Å². The summed E-state index contributed by atoms with van der Waals surface area (Å²) in [4.78, 5) is 0. The summed E-state index contributed by atoms with van der Waals surface area (Å²) in [5, 5.41) is 4.46. The molecule has 4 nitrogen and oxygen atoms in total. The molecule has 1 atom stereocenters.